The Balaban J connectivity index is 2.08. The normalized spacial score (nSPS) is 10.4. The number of anilines is 1. The predicted molar refractivity (Wildman–Crippen MR) is 72.6 cm³/mol. The Labute approximate surface area is 113 Å². The fraction of sp³-hybridized carbons (Fsp3) is 0.143. The predicted octanol–water partition coefficient (Wildman–Crippen LogP) is 4.65. The van der Waals surface area contributed by atoms with Gasteiger partial charge in [-0.3, -0.25) is 0 Å². The van der Waals surface area contributed by atoms with Crippen molar-refractivity contribution in [1.82, 2.24) is 0 Å². The second kappa shape index (κ2) is 5.48. The van der Waals surface area contributed by atoms with Gasteiger partial charge in [-0.2, -0.15) is 0 Å². The number of nitrogens with one attached hydrogen (secondary N) is 1. The maximum Gasteiger partial charge on any atom is 0.126 e. The lowest BCUT2D eigenvalue weighted by molar-refractivity contribution is 0.580. The van der Waals surface area contributed by atoms with Gasteiger partial charge < -0.3 is 5.32 Å². The van der Waals surface area contributed by atoms with E-state index in [0.717, 1.165) is 21.8 Å². The van der Waals surface area contributed by atoms with E-state index in [0.29, 0.717) is 12.1 Å². The lowest BCUT2D eigenvalue weighted by atomic mass is 10.2. The maximum absolute atomic E-state index is 13.0. The van der Waals surface area contributed by atoms with Gasteiger partial charge in [-0.15, -0.1) is 0 Å². The van der Waals surface area contributed by atoms with Gasteiger partial charge in [0.2, 0.25) is 0 Å². The minimum Gasteiger partial charge on any atom is -0.381 e. The quantitative estimate of drug-likeness (QED) is 0.870. The number of aryl methyl sites for hydroxylation is 1. The summed E-state index contributed by atoms with van der Waals surface area (Å²) in [6.07, 6.45) is 0. The highest BCUT2D eigenvalue weighted by Gasteiger charge is 2.01. The summed E-state index contributed by atoms with van der Waals surface area (Å²) in [5.74, 6) is -1.11. The van der Waals surface area contributed by atoms with Crippen molar-refractivity contribution in [2.75, 3.05) is 5.32 Å². The molecule has 0 saturated heterocycles. The van der Waals surface area contributed by atoms with Crippen molar-refractivity contribution in [3.05, 3.63) is 63.6 Å². The SMILES string of the molecule is Cc1cc(NCc2cc(F)cc(F)c2)ccc1Br. The lowest BCUT2D eigenvalue weighted by Crippen LogP contribution is -2.00. The van der Waals surface area contributed by atoms with Crippen LogP contribution < -0.4 is 5.32 Å². The van der Waals surface area contributed by atoms with Gasteiger partial charge in [-0.1, -0.05) is 15.9 Å². The summed E-state index contributed by atoms with van der Waals surface area (Å²) in [6.45, 7) is 2.37. The van der Waals surface area contributed by atoms with Gasteiger partial charge in [-0.25, -0.2) is 8.78 Å². The van der Waals surface area contributed by atoms with Crippen LogP contribution in [0.3, 0.4) is 0 Å². The molecule has 1 N–H and O–H groups in total. The number of rotatable bonds is 3. The third kappa shape index (κ3) is 3.29. The maximum atomic E-state index is 13.0. The van der Waals surface area contributed by atoms with Crippen LogP contribution in [0.4, 0.5) is 14.5 Å². The fourth-order valence-electron chi connectivity index (χ4n) is 1.67. The molecule has 0 bridgehead atoms. The van der Waals surface area contributed by atoms with Crippen LogP contribution in [-0.2, 0) is 6.54 Å². The van der Waals surface area contributed by atoms with Gasteiger partial charge in [-0.05, 0) is 48.4 Å². The van der Waals surface area contributed by atoms with Crippen LogP contribution in [0.1, 0.15) is 11.1 Å². The van der Waals surface area contributed by atoms with E-state index in [1.165, 1.54) is 12.1 Å². The molecular weight excluding hydrogens is 300 g/mol. The second-order valence-corrected chi connectivity index (χ2v) is 4.95. The summed E-state index contributed by atoms with van der Waals surface area (Å²) in [5, 5.41) is 3.13. The number of hydrogen-bond donors (Lipinski definition) is 1. The minimum absolute atomic E-state index is 0.385. The largest absolute Gasteiger partial charge is 0.381 e. The Morgan fingerprint density at radius 2 is 1.72 bits per heavy atom. The average Bonchev–Trinajstić information content (AvgIpc) is 2.29. The van der Waals surface area contributed by atoms with Crippen LogP contribution in [0.15, 0.2) is 40.9 Å². The van der Waals surface area contributed by atoms with E-state index in [-0.39, 0.29) is 0 Å². The molecule has 2 aromatic rings. The van der Waals surface area contributed by atoms with Gasteiger partial charge >= 0.3 is 0 Å². The molecule has 0 spiro atoms. The number of halogens is 3. The Hall–Kier alpha value is -1.42. The zero-order chi connectivity index (χ0) is 13.1. The average molecular weight is 312 g/mol. The molecule has 0 saturated carbocycles. The summed E-state index contributed by atoms with van der Waals surface area (Å²) in [5.41, 5.74) is 2.60. The number of hydrogen-bond acceptors (Lipinski definition) is 1. The van der Waals surface area contributed by atoms with Crippen LogP contribution in [0.2, 0.25) is 0 Å². The van der Waals surface area contributed by atoms with E-state index in [2.05, 4.69) is 21.2 Å². The standard InChI is InChI=1S/C14H12BrF2N/c1-9-4-13(2-3-14(9)15)18-8-10-5-11(16)7-12(17)6-10/h2-7,18H,8H2,1H3. The molecule has 0 aliphatic heterocycles. The first kappa shape index (κ1) is 13.0. The molecule has 0 unspecified atom stereocenters. The fourth-order valence-corrected chi connectivity index (χ4v) is 1.92. The summed E-state index contributed by atoms with van der Waals surface area (Å²) in [6, 6.07) is 9.33. The van der Waals surface area contributed by atoms with Crippen molar-refractivity contribution in [3.8, 4) is 0 Å². The van der Waals surface area contributed by atoms with Gasteiger partial charge in [0, 0.05) is 22.8 Å². The summed E-state index contributed by atoms with van der Waals surface area (Å²) >= 11 is 3.42. The molecule has 0 aromatic heterocycles. The van der Waals surface area contributed by atoms with E-state index in [1.54, 1.807) is 0 Å². The molecule has 1 nitrogen and oxygen atoms in total. The van der Waals surface area contributed by atoms with Crippen molar-refractivity contribution < 1.29 is 8.78 Å². The Bertz CT molecular complexity index is 549. The van der Waals surface area contributed by atoms with Crippen molar-refractivity contribution in [2.24, 2.45) is 0 Å². The zero-order valence-electron chi connectivity index (χ0n) is 9.81. The topological polar surface area (TPSA) is 12.0 Å². The molecule has 0 amide bonds. The first-order valence-electron chi connectivity index (χ1n) is 5.49. The molecule has 0 aliphatic rings. The third-order valence-corrected chi connectivity index (χ3v) is 3.47. The summed E-state index contributed by atoms with van der Waals surface area (Å²) in [7, 11) is 0. The molecule has 18 heavy (non-hydrogen) atoms. The second-order valence-electron chi connectivity index (χ2n) is 4.10. The molecule has 2 aromatic carbocycles. The zero-order valence-corrected chi connectivity index (χ0v) is 11.4. The van der Waals surface area contributed by atoms with Crippen LogP contribution >= 0.6 is 15.9 Å². The Morgan fingerprint density at radius 3 is 2.33 bits per heavy atom. The Kier molecular flexibility index (Phi) is 3.97. The van der Waals surface area contributed by atoms with E-state index in [1.807, 2.05) is 25.1 Å². The Morgan fingerprint density at radius 1 is 1.06 bits per heavy atom. The highest BCUT2D eigenvalue weighted by atomic mass is 79.9. The van der Waals surface area contributed by atoms with Gasteiger partial charge in [0.15, 0.2) is 0 Å². The van der Waals surface area contributed by atoms with Crippen molar-refractivity contribution in [2.45, 2.75) is 13.5 Å². The van der Waals surface area contributed by atoms with Gasteiger partial charge in [0.1, 0.15) is 11.6 Å². The molecule has 0 aliphatic carbocycles. The first-order valence-corrected chi connectivity index (χ1v) is 6.29. The molecular formula is C14H12BrF2N. The van der Waals surface area contributed by atoms with Crippen LogP contribution in [0.5, 0.6) is 0 Å². The van der Waals surface area contributed by atoms with Crippen molar-refractivity contribution in [1.29, 1.82) is 0 Å². The lowest BCUT2D eigenvalue weighted by Gasteiger charge is -2.08. The van der Waals surface area contributed by atoms with Gasteiger partial charge in [0.05, 0.1) is 0 Å². The molecule has 0 heterocycles. The van der Waals surface area contributed by atoms with Crippen LogP contribution in [0.25, 0.3) is 0 Å². The molecule has 0 radical (unpaired) electrons. The molecule has 0 atom stereocenters. The van der Waals surface area contributed by atoms with Crippen LogP contribution in [0, 0.1) is 18.6 Å². The summed E-state index contributed by atoms with van der Waals surface area (Å²) in [4.78, 5) is 0. The van der Waals surface area contributed by atoms with E-state index in [9.17, 15) is 8.78 Å². The van der Waals surface area contributed by atoms with Crippen molar-refractivity contribution >= 4 is 21.6 Å². The molecule has 0 fully saturated rings. The smallest absolute Gasteiger partial charge is 0.126 e. The highest BCUT2D eigenvalue weighted by molar-refractivity contribution is 9.10. The van der Waals surface area contributed by atoms with E-state index >= 15 is 0 Å². The van der Waals surface area contributed by atoms with Crippen molar-refractivity contribution in [3.63, 3.8) is 0 Å². The highest BCUT2D eigenvalue weighted by Crippen LogP contribution is 2.20. The minimum atomic E-state index is -0.557. The van der Waals surface area contributed by atoms with E-state index in [4.69, 9.17) is 0 Å². The monoisotopic (exact) mass is 311 g/mol. The molecule has 94 valence electrons. The van der Waals surface area contributed by atoms with E-state index < -0.39 is 11.6 Å². The molecule has 2 rings (SSSR count). The third-order valence-electron chi connectivity index (χ3n) is 2.58. The molecule has 4 heteroatoms. The van der Waals surface area contributed by atoms with Crippen LogP contribution in [-0.4, -0.2) is 0 Å². The summed E-state index contributed by atoms with van der Waals surface area (Å²) < 4.78 is 27.0. The van der Waals surface area contributed by atoms with Gasteiger partial charge in [0.25, 0.3) is 0 Å². The first-order chi connectivity index (χ1) is 8.54. The number of benzene rings is 2.